The summed E-state index contributed by atoms with van der Waals surface area (Å²) in [5.74, 6) is -4.45. The highest BCUT2D eigenvalue weighted by Gasteiger charge is 2.32. The highest BCUT2D eigenvalue weighted by molar-refractivity contribution is 5.24. The van der Waals surface area contributed by atoms with E-state index >= 15 is 0 Å². The summed E-state index contributed by atoms with van der Waals surface area (Å²) >= 11 is 0. The average molecular weight is 234 g/mol. The van der Waals surface area contributed by atoms with Crippen molar-refractivity contribution in [3.63, 3.8) is 0 Å². The van der Waals surface area contributed by atoms with Gasteiger partial charge in [-0.15, -0.1) is 0 Å². The Morgan fingerprint density at radius 2 is 1.81 bits per heavy atom. The molecule has 1 rings (SSSR count). The Morgan fingerprint density at radius 3 is 2.31 bits per heavy atom. The third-order valence-electron chi connectivity index (χ3n) is 2.66. The predicted octanol–water partition coefficient (Wildman–Crippen LogP) is 2.30. The van der Waals surface area contributed by atoms with E-state index < -0.39 is 34.7 Å². The van der Waals surface area contributed by atoms with Gasteiger partial charge in [-0.2, -0.15) is 0 Å². The highest BCUT2D eigenvalue weighted by atomic mass is 19.2. The first-order valence-electron chi connectivity index (χ1n) is 4.85. The molecule has 2 N–H and O–H groups in total. The number of aliphatic hydroxyl groups excluding tert-OH is 1. The largest absolute Gasteiger partial charge is 0.387 e. The zero-order valence-electron chi connectivity index (χ0n) is 8.97. The number of aliphatic hydroxyl groups is 2. The van der Waals surface area contributed by atoms with Crippen LogP contribution in [0.15, 0.2) is 12.1 Å². The molecule has 0 aromatic heterocycles. The Kier molecular flexibility index (Phi) is 3.60. The quantitative estimate of drug-likeness (QED) is 0.788. The molecule has 0 saturated heterocycles. The smallest absolute Gasteiger partial charge is 0.194 e. The number of hydrogen-bond acceptors (Lipinski definition) is 2. The lowest BCUT2D eigenvalue weighted by Gasteiger charge is -2.28. The molecule has 0 saturated carbocycles. The van der Waals surface area contributed by atoms with Crippen LogP contribution in [0, 0.1) is 17.5 Å². The lowest BCUT2D eigenvalue weighted by atomic mass is 9.90. The summed E-state index contributed by atoms with van der Waals surface area (Å²) in [4.78, 5) is 0. The molecule has 0 heterocycles. The predicted molar refractivity (Wildman–Crippen MR) is 52.2 cm³/mol. The number of benzene rings is 1. The van der Waals surface area contributed by atoms with Gasteiger partial charge in [0.1, 0.15) is 6.10 Å². The van der Waals surface area contributed by atoms with E-state index in [0.717, 1.165) is 6.07 Å². The first kappa shape index (κ1) is 13.0. The third-order valence-corrected chi connectivity index (χ3v) is 2.66. The van der Waals surface area contributed by atoms with E-state index in [4.69, 9.17) is 0 Å². The monoisotopic (exact) mass is 234 g/mol. The van der Waals surface area contributed by atoms with Gasteiger partial charge in [0, 0.05) is 5.56 Å². The van der Waals surface area contributed by atoms with Gasteiger partial charge in [0.2, 0.25) is 0 Å². The van der Waals surface area contributed by atoms with Crippen LogP contribution in [-0.4, -0.2) is 15.8 Å². The zero-order chi connectivity index (χ0) is 12.5. The maximum absolute atomic E-state index is 13.3. The molecule has 0 aliphatic carbocycles. The van der Waals surface area contributed by atoms with Crippen LogP contribution in [0.3, 0.4) is 0 Å². The minimum absolute atomic E-state index is 0.145. The van der Waals surface area contributed by atoms with Gasteiger partial charge in [-0.3, -0.25) is 0 Å². The molecule has 0 aliphatic heterocycles. The summed E-state index contributed by atoms with van der Waals surface area (Å²) in [5.41, 5.74) is -2.05. The second-order valence-electron chi connectivity index (χ2n) is 3.88. The molecule has 2 nitrogen and oxygen atoms in total. The lowest BCUT2D eigenvalue weighted by molar-refractivity contribution is -0.0675. The lowest BCUT2D eigenvalue weighted by Crippen LogP contribution is -2.32. The molecule has 1 aromatic rings. The van der Waals surface area contributed by atoms with Gasteiger partial charge in [-0.05, 0) is 19.4 Å². The summed E-state index contributed by atoms with van der Waals surface area (Å²) in [6.45, 7) is 2.87. The minimum Gasteiger partial charge on any atom is -0.387 e. The van der Waals surface area contributed by atoms with Gasteiger partial charge in [0.15, 0.2) is 17.5 Å². The van der Waals surface area contributed by atoms with Crippen molar-refractivity contribution >= 4 is 0 Å². The SMILES string of the molecule is CCC(C)(O)C(O)c1ccc(F)c(F)c1F. The maximum Gasteiger partial charge on any atom is 0.194 e. The molecule has 1 aromatic carbocycles. The van der Waals surface area contributed by atoms with Crippen molar-refractivity contribution in [2.24, 2.45) is 0 Å². The Morgan fingerprint density at radius 1 is 1.25 bits per heavy atom. The zero-order valence-corrected chi connectivity index (χ0v) is 8.97. The minimum atomic E-state index is -1.65. The molecule has 5 heteroatoms. The Bertz CT molecular complexity index is 391. The van der Waals surface area contributed by atoms with Gasteiger partial charge >= 0.3 is 0 Å². The van der Waals surface area contributed by atoms with Crippen LogP contribution in [-0.2, 0) is 0 Å². The van der Waals surface area contributed by atoms with E-state index in [1.54, 1.807) is 6.92 Å². The molecule has 0 fully saturated rings. The summed E-state index contributed by atoms with van der Waals surface area (Å²) in [7, 11) is 0. The highest BCUT2D eigenvalue weighted by Crippen LogP contribution is 2.31. The summed E-state index contributed by atoms with van der Waals surface area (Å²) in [5, 5.41) is 19.4. The second-order valence-corrected chi connectivity index (χ2v) is 3.88. The van der Waals surface area contributed by atoms with Crippen molar-refractivity contribution in [1.29, 1.82) is 0 Å². The van der Waals surface area contributed by atoms with Crippen molar-refractivity contribution in [1.82, 2.24) is 0 Å². The fourth-order valence-corrected chi connectivity index (χ4v) is 1.28. The summed E-state index contributed by atoms with van der Waals surface area (Å²) in [6, 6.07) is 1.63. The normalized spacial score (nSPS) is 16.9. The topological polar surface area (TPSA) is 40.5 Å². The van der Waals surface area contributed by atoms with Crippen LogP contribution in [0.2, 0.25) is 0 Å². The molecule has 16 heavy (non-hydrogen) atoms. The van der Waals surface area contributed by atoms with Crippen molar-refractivity contribution < 1.29 is 23.4 Å². The van der Waals surface area contributed by atoms with Crippen molar-refractivity contribution in [2.75, 3.05) is 0 Å². The van der Waals surface area contributed by atoms with E-state index in [1.807, 2.05) is 0 Å². The van der Waals surface area contributed by atoms with Crippen LogP contribution in [0.5, 0.6) is 0 Å². The Hall–Kier alpha value is -1.07. The van der Waals surface area contributed by atoms with Gasteiger partial charge in [-0.1, -0.05) is 13.0 Å². The Balaban J connectivity index is 3.20. The molecule has 0 amide bonds. The fraction of sp³-hybridized carbons (Fsp3) is 0.455. The molecule has 0 spiro atoms. The third kappa shape index (κ3) is 2.20. The molecule has 0 bridgehead atoms. The van der Waals surface area contributed by atoms with Gasteiger partial charge < -0.3 is 10.2 Å². The first-order valence-corrected chi connectivity index (χ1v) is 4.85. The van der Waals surface area contributed by atoms with E-state index in [2.05, 4.69) is 0 Å². The van der Waals surface area contributed by atoms with E-state index in [1.165, 1.54) is 6.92 Å². The summed E-state index contributed by atoms with van der Waals surface area (Å²) < 4.78 is 38.8. The summed E-state index contributed by atoms with van der Waals surface area (Å²) in [6.07, 6.45) is -1.46. The standard InChI is InChI=1S/C11H13F3O2/c1-3-11(2,16)10(15)6-4-5-7(12)9(14)8(6)13/h4-5,10,15-16H,3H2,1-2H3. The van der Waals surface area contributed by atoms with E-state index in [0.29, 0.717) is 6.07 Å². The van der Waals surface area contributed by atoms with Gasteiger partial charge in [0.25, 0.3) is 0 Å². The average Bonchev–Trinajstić information content (AvgIpc) is 2.25. The second kappa shape index (κ2) is 4.43. The fourth-order valence-electron chi connectivity index (χ4n) is 1.28. The van der Waals surface area contributed by atoms with Crippen LogP contribution in [0.25, 0.3) is 0 Å². The molecule has 0 aliphatic rings. The van der Waals surface area contributed by atoms with Crippen molar-refractivity contribution in [2.45, 2.75) is 32.0 Å². The number of halogens is 3. The molecule has 90 valence electrons. The maximum atomic E-state index is 13.3. The van der Waals surface area contributed by atoms with Crippen LogP contribution in [0.4, 0.5) is 13.2 Å². The molecular formula is C11H13F3O2. The van der Waals surface area contributed by atoms with E-state index in [-0.39, 0.29) is 6.42 Å². The van der Waals surface area contributed by atoms with Crippen LogP contribution in [0.1, 0.15) is 31.9 Å². The van der Waals surface area contributed by atoms with Crippen LogP contribution < -0.4 is 0 Å². The number of rotatable bonds is 3. The van der Waals surface area contributed by atoms with Gasteiger partial charge in [0.05, 0.1) is 5.60 Å². The molecule has 2 atom stereocenters. The number of hydrogen-bond donors (Lipinski definition) is 2. The van der Waals surface area contributed by atoms with Crippen molar-refractivity contribution in [3.05, 3.63) is 35.1 Å². The van der Waals surface area contributed by atoms with Gasteiger partial charge in [-0.25, -0.2) is 13.2 Å². The van der Waals surface area contributed by atoms with Crippen LogP contribution >= 0.6 is 0 Å². The van der Waals surface area contributed by atoms with Crippen molar-refractivity contribution in [3.8, 4) is 0 Å². The molecule has 2 unspecified atom stereocenters. The van der Waals surface area contributed by atoms with E-state index in [9.17, 15) is 23.4 Å². The Labute approximate surface area is 91.3 Å². The molecular weight excluding hydrogens is 221 g/mol. The molecule has 0 radical (unpaired) electrons. The first-order chi connectivity index (χ1) is 7.31.